The van der Waals surface area contributed by atoms with Crippen LogP contribution in [0.5, 0.6) is 0 Å². The van der Waals surface area contributed by atoms with E-state index in [1.54, 1.807) is 30.0 Å². The van der Waals surface area contributed by atoms with Gasteiger partial charge in [-0.25, -0.2) is 0 Å². The third-order valence-corrected chi connectivity index (χ3v) is 7.27. The minimum atomic E-state index is -3.08. The number of morpholine rings is 1. The van der Waals surface area contributed by atoms with Gasteiger partial charge in [0.1, 0.15) is 0 Å². The zero-order chi connectivity index (χ0) is 24.6. The number of aliphatic imine (C=N–C) groups is 1. The highest BCUT2D eigenvalue weighted by Gasteiger charge is 2.35. The van der Waals surface area contributed by atoms with Crippen LogP contribution in [0.25, 0.3) is 0 Å². The zero-order valence-electron chi connectivity index (χ0n) is 19.1. The first kappa shape index (κ1) is 24.8. The van der Waals surface area contributed by atoms with E-state index in [0.29, 0.717) is 72.0 Å². The van der Waals surface area contributed by atoms with Crippen molar-refractivity contribution in [3.8, 4) is 0 Å². The van der Waals surface area contributed by atoms with Gasteiger partial charge in [0.15, 0.2) is 0 Å². The third-order valence-electron chi connectivity index (χ3n) is 6.48. The summed E-state index contributed by atoms with van der Waals surface area (Å²) in [5.41, 5.74) is 4.19. The first-order valence-electron chi connectivity index (χ1n) is 11.2. The third kappa shape index (κ3) is 4.77. The number of hydrogen-bond donors (Lipinski definition) is 0. The summed E-state index contributed by atoms with van der Waals surface area (Å²) in [6.45, 7) is 9.00. The second kappa shape index (κ2) is 9.76. The zero-order valence-corrected chi connectivity index (χ0v) is 20.6. The van der Waals surface area contributed by atoms with Crippen LogP contribution in [0.3, 0.4) is 0 Å². The Morgan fingerprint density at radius 3 is 2.68 bits per heavy atom. The molecule has 0 aromatic heterocycles. The van der Waals surface area contributed by atoms with Gasteiger partial charge in [0.2, 0.25) is 0 Å². The monoisotopic (exact) mass is 506 g/mol. The maximum atomic E-state index is 14.2. The van der Waals surface area contributed by atoms with Crippen LogP contribution in [0, 0.1) is 5.92 Å². The maximum Gasteiger partial charge on any atom is 0.291 e. The number of halogens is 4. The number of carbonyl (C=O) groups excluding carboxylic acids is 1. The average Bonchev–Trinajstić information content (AvgIpc) is 2.82. The van der Waals surface area contributed by atoms with E-state index in [1.165, 1.54) is 6.08 Å². The van der Waals surface area contributed by atoms with Gasteiger partial charge < -0.3 is 9.64 Å². The quantitative estimate of drug-likeness (QED) is 0.430. The molecule has 0 saturated carbocycles. The number of ether oxygens (including phenoxy) is 1. The Bertz CT molecular complexity index is 1160. The van der Waals surface area contributed by atoms with Crippen molar-refractivity contribution >= 4 is 34.8 Å². The van der Waals surface area contributed by atoms with Gasteiger partial charge in [-0.3, -0.25) is 9.79 Å². The first-order chi connectivity index (χ1) is 16.1. The molecule has 0 radical (unpaired) electrons. The lowest BCUT2D eigenvalue weighted by Crippen LogP contribution is -2.40. The van der Waals surface area contributed by atoms with Gasteiger partial charge in [-0.1, -0.05) is 41.4 Å². The summed E-state index contributed by atoms with van der Waals surface area (Å²) >= 11 is 13.2. The number of carbonyl (C=O) groups is 1. The van der Waals surface area contributed by atoms with Crippen LogP contribution < -0.4 is 0 Å². The normalized spacial score (nSPS) is 20.9. The number of alkyl halides is 2. The van der Waals surface area contributed by atoms with Crippen molar-refractivity contribution in [3.05, 3.63) is 80.5 Å². The topological polar surface area (TPSA) is 41.9 Å². The van der Waals surface area contributed by atoms with Crippen molar-refractivity contribution in [1.29, 1.82) is 0 Å². The smallest absolute Gasteiger partial charge is 0.291 e. The summed E-state index contributed by atoms with van der Waals surface area (Å²) in [5.74, 6) is -3.47. The number of allylic oxidation sites excluding steroid dienone is 7. The molecule has 1 aliphatic carbocycles. The van der Waals surface area contributed by atoms with E-state index in [0.717, 1.165) is 17.0 Å². The molecular weight excluding hydrogens is 481 g/mol. The van der Waals surface area contributed by atoms with E-state index in [2.05, 4.69) is 6.58 Å². The molecule has 1 amide bonds. The van der Waals surface area contributed by atoms with E-state index in [4.69, 9.17) is 32.9 Å². The van der Waals surface area contributed by atoms with Crippen LogP contribution in [-0.2, 0) is 11.2 Å². The van der Waals surface area contributed by atoms with Crippen molar-refractivity contribution in [2.24, 2.45) is 10.9 Å². The Balaban J connectivity index is 1.63. The average molecular weight is 507 g/mol. The molecule has 180 valence electrons. The maximum absolute atomic E-state index is 14.2. The van der Waals surface area contributed by atoms with Gasteiger partial charge in [-0.05, 0) is 55.7 Å². The van der Waals surface area contributed by atoms with Crippen LogP contribution in [0.2, 0.25) is 10.0 Å². The van der Waals surface area contributed by atoms with Gasteiger partial charge in [-0.15, -0.1) is 0 Å². The molecule has 1 fully saturated rings. The molecule has 0 N–H and O–H groups in total. The molecule has 1 aromatic rings. The lowest BCUT2D eigenvalue weighted by Gasteiger charge is -2.30. The fourth-order valence-electron chi connectivity index (χ4n) is 4.50. The number of benzene rings is 1. The molecule has 4 rings (SSSR count). The van der Waals surface area contributed by atoms with Crippen molar-refractivity contribution < 1.29 is 18.3 Å². The first-order valence-corrected chi connectivity index (χ1v) is 11.9. The van der Waals surface area contributed by atoms with Crippen LogP contribution in [-0.4, -0.2) is 48.7 Å². The Hall–Kier alpha value is -2.28. The number of fused-ring (bicyclic) bond motifs is 1. The predicted molar refractivity (Wildman–Crippen MR) is 132 cm³/mol. The number of nitrogens with zero attached hydrogens (tertiary/aromatic N) is 2. The molecular formula is C26H26Cl2F2N2O2. The van der Waals surface area contributed by atoms with Gasteiger partial charge in [0.05, 0.1) is 29.5 Å². The van der Waals surface area contributed by atoms with Gasteiger partial charge in [0, 0.05) is 41.7 Å². The Kier molecular flexibility index (Phi) is 7.13. The summed E-state index contributed by atoms with van der Waals surface area (Å²) in [6, 6.07) is 3.33. The highest BCUT2D eigenvalue weighted by atomic mass is 35.5. The summed E-state index contributed by atoms with van der Waals surface area (Å²) in [7, 11) is 0. The van der Waals surface area contributed by atoms with Gasteiger partial charge in [0.25, 0.3) is 11.8 Å². The molecule has 1 atom stereocenters. The Labute approximate surface area is 208 Å². The van der Waals surface area contributed by atoms with E-state index < -0.39 is 5.92 Å². The molecule has 1 saturated heterocycles. The van der Waals surface area contributed by atoms with Crippen LogP contribution >= 0.6 is 23.2 Å². The molecule has 8 heteroatoms. The summed E-state index contributed by atoms with van der Waals surface area (Å²) in [4.78, 5) is 19.6. The Morgan fingerprint density at radius 2 is 2.00 bits per heavy atom. The highest BCUT2D eigenvalue weighted by molar-refractivity contribution is 6.38. The van der Waals surface area contributed by atoms with Crippen LogP contribution in [0.15, 0.2) is 64.3 Å². The van der Waals surface area contributed by atoms with Crippen molar-refractivity contribution in [2.45, 2.75) is 32.6 Å². The molecule has 1 unspecified atom stereocenters. The SMILES string of the molecule is C=CC(F)(F)C1=CC2CC(C)=C(Cc3c(Cl)ccc(C(=O)N4CCOCC4)c3Cl)N=C2C(C)=C1. The summed E-state index contributed by atoms with van der Waals surface area (Å²) < 4.78 is 33.7. The molecule has 1 aromatic carbocycles. The number of rotatable bonds is 5. The lowest BCUT2D eigenvalue weighted by atomic mass is 9.80. The van der Waals surface area contributed by atoms with Crippen molar-refractivity contribution in [2.75, 3.05) is 26.3 Å². The second-order valence-corrected chi connectivity index (χ2v) is 9.57. The number of hydrogen-bond acceptors (Lipinski definition) is 3. The summed E-state index contributed by atoms with van der Waals surface area (Å²) in [5, 5.41) is 0.769. The second-order valence-electron chi connectivity index (χ2n) is 8.78. The molecule has 34 heavy (non-hydrogen) atoms. The largest absolute Gasteiger partial charge is 0.378 e. The highest BCUT2D eigenvalue weighted by Crippen LogP contribution is 2.39. The fraction of sp³-hybridized carbons (Fsp3) is 0.385. The van der Waals surface area contributed by atoms with E-state index in [1.807, 2.05) is 6.92 Å². The molecule has 3 aliphatic rings. The van der Waals surface area contributed by atoms with Gasteiger partial charge >= 0.3 is 0 Å². The lowest BCUT2D eigenvalue weighted by molar-refractivity contribution is 0.0303. The standard InChI is InChI=1S/C26H26Cl2F2N2O2/c1-4-26(29,30)18-12-16(3)24-17(13-18)11-15(2)22(31-24)14-20-21(27)6-5-19(23(20)28)25(33)32-7-9-34-10-8-32/h4-6,12-13,17H,1,7-11,14H2,2-3H3. The van der Waals surface area contributed by atoms with E-state index in [9.17, 15) is 13.6 Å². The minimum absolute atomic E-state index is 0.0550. The molecule has 0 bridgehead atoms. The van der Waals surface area contributed by atoms with Crippen LogP contribution in [0.4, 0.5) is 8.78 Å². The minimum Gasteiger partial charge on any atom is -0.378 e. The van der Waals surface area contributed by atoms with E-state index in [-0.39, 0.29) is 17.4 Å². The van der Waals surface area contributed by atoms with Crippen molar-refractivity contribution in [3.63, 3.8) is 0 Å². The molecule has 4 nitrogen and oxygen atoms in total. The van der Waals surface area contributed by atoms with E-state index >= 15 is 0 Å². The summed E-state index contributed by atoms with van der Waals surface area (Å²) in [6.07, 6.45) is 4.62. The van der Waals surface area contributed by atoms with Gasteiger partial charge in [-0.2, -0.15) is 8.78 Å². The molecule has 2 heterocycles. The molecule has 2 aliphatic heterocycles. The Morgan fingerprint density at radius 1 is 1.29 bits per heavy atom. The molecule has 0 spiro atoms. The predicted octanol–water partition coefficient (Wildman–Crippen LogP) is 6.45. The van der Waals surface area contributed by atoms with Crippen LogP contribution in [0.1, 0.15) is 36.2 Å². The number of amides is 1. The fourth-order valence-corrected chi connectivity index (χ4v) is 5.09. The van der Waals surface area contributed by atoms with Crippen molar-refractivity contribution in [1.82, 2.24) is 4.90 Å².